The standard InChI is InChI=1S/C32H27N3O/c1-21-28-18-17-27-29(24-11-7-4-8-12-24)34-35(31(27)32(28,2)19-25(20-33)30(21)36)26-15-13-23(14-16-26)22-9-5-3-6-10-22/h3-16,19,21,28H,17-18H2,1-2H3/t21-,28-,32-/m1/s1. The van der Waals surface area contributed by atoms with Crippen LogP contribution in [-0.2, 0) is 16.6 Å². The second kappa shape index (κ2) is 8.46. The molecule has 2 aliphatic carbocycles. The topological polar surface area (TPSA) is 58.7 Å². The molecule has 1 heterocycles. The van der Waals surface area contributed by atoms with Crippen molar-refractivity contribution in [3.63, 3.8) is 0 Å². The number of ketones is 1. The Balaban J connectivity index is 1.57. The molecular weight excluding hydrogens is 442 g/mol. The Morgan fingerprint density at radius 1 is 0.917 bits per heavy atom. The number of benzene rings is 3. The van der Waals surface area contributed by atoms with Crippen LogP contribution in [0.25, 0.3) is 28.1 Å². The van der Waals surface area contributed by atoms with Gasteiger partial charge in [0.1, 0.15) is 6.07 Å². The molecule has 36 heavy (non-hydrogen) atoms. The van der Waals surface area contributed by atoms with Gasteiger partial charge in [0.2, 0.25) is 0 Å². The zero-order valence-electron chi connectivity index (χ0n) is 20.5. The second-order valence-electron chi connectivity index (χ2n) is 10.1. The maximum atomic E-state index is 12.9. The number of Topliss-reactive ketones (excluding diaryl/α,β-unsaturated/α-hetero) is 1. The van der Waals surface area contributed by atoms with E-state index in [1.165, 1.54) is 11.1 Å². The maximum Gasteiger partial charge on any atom is 0.176 e. The molecule has 3 atom stereocenters. The quantitative estimate of drug-likeness (QED) is 0.336. The van der Waals surface area contributed by atoms with Gasteiger partial charge in [0.25, 0.3) is 0 Å². The molecule has 0 fully saturated rings. The fourth-order valence-corrected chi connectivity index (χ4v) is 6.29. The number of hydrogen-bond donors (Lipinski definition) is 0. The highest BCUT2D eigenvalue weighted by atomic mass is 16.1. The van der Waals surface area contributed by atoms with E-state index in [1.54, 1.807) is 0 Å². The Morgan fingerprint density at radius 2 is 1.53 bits per heavy atom. The Kier molecular flexibility index (Phi) is 5.23. The highest BCUT2D eigenvalue weighted by molar-refractivity contribution is 6.02. The van der Waals surface area contributed by atoms with Crippen LogP contribution in [0.15, 0.2) is 96.6 Å². The summed E-state index contributed by atoms with van der Waals surface area (Å²) in [6, 6.07) is 31.3. The number of hydrogen-bond acceptors (Lipinski definition) is 3. The van der Waals surface area contributed by atoms with Gasteiger partial charge in [-0.25, -0.2) is 4.68 Å². The van der Waals surface area contributed by atoms with Gasteiger partial charge in [-0.1, -0.05) is 92.7 Å². The van der Waals surface area contributed by atoms with Gasteiger partial charge in [-0.3, -0.25) is 4.79 Å². The number of nitriles is 1. The fourth-order valence-electron chi connectivity index (χ4n) is 6.29. The van der Waals surface area contributed by atoms with E-state index in [0.717, 1.165) is 41.0 Å². The maximum absolute atomic E-state index is 12.9. The summed E-state index contributed by atoms with van der Waals surface area (Å²) < 4.78 is 2.06. The molecule has 0 spiro atoms. The summed E-state index contributed by atoms with van der Waals surface area (Å²) in [6.07, 6.45) is 3.67. The lowest BCUT2D eigenvalue weighted by molar-refractivity contribution is -0.121. The molecule has 0 aliphatic heterocycles. The molecule has 0 unspecified atom stereocenters. The predicted octanol–water partition coefficient (Wildman–Crippen LogP) is 6.70. The average molecular weight is 470 g/mol. The lowest BCUT2D eigenvalue weighted by atomic mass is 9.57. The van der Waals surface area contributed by atoms with Crippen molar-refractivity contribution in [2.24, 2.45) is 11.8 Å². The zero-order valence-corrected chi connectivity index (χ0v) is 20.5. The van der Waals surface area contributed by atoms with Gasteiger partial charge >= 0.3 is 0 Å². The van der Waals surface area contributed by atoms with Crippen molar-refractivity contribution < 1.29 is 4.79 Å². The predicted molar refractivity (Wildman–Crippen MR) is 141 cm³/mol. The molecule has 0 saturated heterocycles. The number of nitrogens with zero attached hydrogens (tertiary/aromatic N) is 3. The van der Waals surface area contributed by atoms with E-state index in [0.29, 0.717) is 0 Å². The fraction of sp³-hybridized carbons (Fsp3) is 0.219. The van der Waals surface area contributed by atoms with E-state index in [4.69, 9.17) is 5.10 Å². The summed E-state index contributed by atoms with van der Waals surface area (Å²) in [5, 5.41) is 15.0. The van der Waals surface area contributed by atoms with Gasteiger partial charge in [-0.15, -0.1) is 0 Å². The minimum Gasteiger partial charge on any atom is -0.293 e. The van der Waals surface area contributed by atoms with Gasteiger partial charge in [0, 0.05) is 22.5 Å². The normalized spacial score (nSPS) is 22.8. The zero-order chi connectivity index (χ0) is 24.9. The number of fused-ring (bicyclic) bond motifs is 3. The molecule has 4 nitrogen and oxygen atoms in total. The number of carbonyl (C=O) groups is 1. The third-order valence-corrected chi connectivity index (χ3v) is 8.08. The van der Waals surface area contributed by atoms with Crippen LogP contribution in [0, 0.1) is 23.2 Å². The highest BCUT2D eigenvalue weighted by Gasteiger charge is 2.50. The van der Waals surface area contributed by atoms with Crippen molar-refractivity contribution in [2.75, 3.05) is 0 Å². The largest absolute Gasteiger partial charge is 0.293 e. The summed E-state index contributed by atoms with van der Waals surface area (Å²) >= 11 is 0. The van der Waals surface area contributed by atoms with Crippen molar-refractivity contribution in [1.29, 1.82) is 5.26 Å². The Hall–Kier alpha value is -4.23. The van der Waals surface area contributed by atoms with Crippen LogP contribution >= 0.6 is 0 Å². The minimum absolute atomic E-state index is 0.0370. The second-order valence-corrected chi connectivity index (χ2v) is 10.1. The molecule has 1 aromatic heterocycles. The molecule has 4 heteroatoms. The molecule has 6 rings (SSSR count). The molecule has 2 aliphatic rings. The van der Waals surface area contributed by atoms with Crippen molar-refractivity contribution in [1.82, 2.24) is 9.78 Å². The van der Waals surface area contributed by atoms with Crippen molar-refractivity contribution in [3.8, 4) is 34.1 Å². The minimum atomic E-state index is -0.468. The molecular formula is C32H27N3O. The van der Waals surface area contributed by atoms with Gasteiger partial charge in [-0.2, -0.15) is 10.4 Å². The summed E-state index contributed by atoms with van der Waals surface area (Å²) in [5.74, 6) is -0.117. The lowest BCUT2D eigenvalue weighted by Gasteiger charge is -2.45. The molecule has 4 aromatic rings. The monoisotopic (exact) mass is 469 g/mol. The molecule has 0 amide bonds. The summed E-state index contributed by atoms with van der Waals surface area (Å²) in [5.41, 5.74) is 7.47. The third-order valence-electron chi connectivity index (χ3n) is 8.08. The number of aromatic nitrogens is 2. The van der Waals surface area contributed by atoms with E-state index in [9.17, 15) is 10.1 Å². The van der Waals surface area contributed by atoms with Crippen LogP contribution in [0.4, 0.5) is 0 Å². The Morgan fingerprint density at radius 3 is 2.17 bits per heavy atom. The van der Waals surface area contributed by atoms with Gasteiger partial charge in [0.05, 0.1) is 22.6 Å². The van der Waals surface area contributed by atoms with Crippen LogP contribution in [-0.4, -0.2) is 15.6 Å². The van der Waals surface area contributed by atoms with E-state index >= 15 is 0 Å². The first-order valence-corrected chi connectivity index (χ1v) is 12.5. The number of allylic oxidation sites excluding steroid dienone is 2. The molecule has 0 N–H and O–H groups in total. The van der Waals surface area contributed by atoms with Crippen LogP contribution in [0.3, 0.4) is 0 Å². The number of carbonyl (C=O) groups excluding carboxylic acids is 1. The smallest absolute Gasteiger partial charge is 0.176 e. The van der Waals surface area contributed by atoms with Gasteiger partial charge < -0.3 is 0 Å². The summed E-state index contributed by atoms with van der Waals surface area (Å²) in [6.45, 7) is 4.16. The highest BCUT2D eigenvalue weighted by Crippen LogP contribution is 2.52. The van der Waals surface area contributed by atoms with Crippen molar-refractivity contribution in [2.45, 2.75) is 32.1 Å². The van der Waals surface area contributed by atoms with Crippen molar-refractivity contribution >= 4 is 5.78 Å². The first kappa shape index (κ1) is 22.2. The lowest BCUT2D eigenvalue weighted by Crippen LogP contribution is -2.46. The molecule has 0 radical (unpaired) electrons. The Bertz CT molecular complexity index is 1520. The van der Waals surface area contributed by atoms with Crippen LogP contribution in [0.2, 0.25) is 0 Å². The average Bonchev–Trinajstić information content (AvgIpc) is 3.33. The SMILES string of the molecule is C[C@H]1C(=O)C(C#N)=C[C@@]2(C)c3c(c(-c4ccccc4)nn3-c3ccc(-c4ccccc4)cc3)CC[C@H]12. The summed E-state index contributed by atoms with van der Waals surface area (Å²) in [4.78, 5) is 12.9. The van der Waals surface area contributed by atoms with Gasteiger partial charge in [0.15, 0.2) is 5.78 Å². The Labute approximate surface area is 211 Å². The van der Waals surface area contributed by atoms with Crippen LogP contribution in [0.1, 0.15) is 31.5 Å². The third kappa shape index (κ3) is 3.35. The molecule has 0 saturated carbocycles. The van der Waals surface area contributed by atoms with E-state index in [2.05, 4.69) is 66.2 Å². The van der Waals surface area contributed by atoms with E-state index in [-0.39, 0.29) is 23.2 Å². The first-order valence-electron chi connectivity index (χ1n) is 12.5. The van der Waals surface area contributed by atoms with Gasteiger partial charge in [-0.05, 0) is 42.0 Å². The van der Waals surface area contributed by atoms with E-state index < -0.39 is 5.41 Å². The summed E-state index contributed by atoms with van der Waals surface area (Å²) in [7, 11) is 0. The molecule has 176 valence electrons. The molecule has 3 aromatic carbocycles. The number of rotatable bonds is 3. The van der Waals surface area contributed by atoms with Crippen LogP contribution < -0.4 is 0 Å². The molecule has 0 bridgehead atoms. The first-order chi connectivity index (χ1) is 17.5. The van der Waals surface area contributed by atoms with E-state index in [1.807, 2.05) is 49.4 Å². The van der Waals surface area contributed by atoms with Crippen molar-refractivity contribution in [3.05, 3.63) is 108 Å². The van der Waals surface area contributed by atoms with Crippen LogP contribution in [0.5, 0.6) is 0 Å².